The van der Waals surface area contributed by atoms with Crippen LogP contribution in [0.25, 0.3) is 17.7 Å². The molecule has 0 radical (unpaired) electrons. The van der Waals surface area contributed by atoms with Crippen molar-refractivity contribution in [2.24, 2.45) is 0 Å². The number of fused-ring (bicyclic) bond motifs is 2. The Morgan fingerprint density at radius 3 is 2.00 bits per heavy atom. The van der Waals surface area contributed by atoms with Gasteiger partial charge in [-0.15, -0.1) is 0 Å². The van der Waals surface area contributed by atoms with Crippen LogP contribution in [-0.4, -0.2) is 38.8 Å². The van der Waals surface area contributed by atoms with E-state index in [1.807, 2.05) is 36.4 Å². The summed E-state index contributed by atoms with van der Waals surface area (Å²) in [6.07, 6.45) is 8.26. The van der Waals surface area contributed by atoms with Crippen molar-refractivity contribution in [2.75, 3.05) is 33.9 Å². The van der Waals surface area contributed by atoms with E-state index in [1.165, 1.54) is 27.8 Å². The molecule has 1 unspecified atom stereocenters. The fraction of sp³-hybridized carbons (Fsp3) is 0.256. The molecule has 0 bridgehead atoms. The molecule has 0 spiro atoms. The van der Waals surface area contributed by atoms with Gasteiger partial charge in [-0.1, -0.05) is 102 Å². The topological polar surface area (TPSA) is 45.5 Å². The average molecular weight is 599 g/mol. The Morgan fingerprint density at radius 2 is 1.39 bits per heavy atom. The maximum Gasteiger partial charge on any atom is 0.161 e. The van der Waals surface area contributed by atoms with Gasteiger partial charge < -0.3 is 14.4 Å². The number of hydrogen-bond acceptors (Lipinski definition) is 5. The standard InChI is InChI=1S/C39H38N2O2S/c1-42-36-20-19-32(27-37(36)43-2)39(28-40,44-33-13-4-3-5-14-33)23-10-24-41-25-21-31(22-26-41)38-34-15-8-6-11-29(34)17-18-30-12-7-9-16-35(30)38/h3-9,11-20,27H,10,21-26H2,1-2H3. The van der Waals surface area contributed by atoms with E-state index < -0.39 is 4.75 Å². The van der Waals surface area contributed by atoms with Crippen LogP contribution in [-0.2, 0) is 4.75 Å². The highest BCUT2D eigenvalue weighted by Crippen LogP contribution is 2.47. The Bertz CT molecular complexity index is 1660. The summed E-state index contributed by atoms with van der Waals surface area (Å²) >= 11 is 1.63. The number of thioether (sulfide) groups is 1. The molecule has 4 nitrogen and oxygen atoms in total. The minimum atomic E-state index is -0.745. The highest BCUT2D eigenvalue weighted by Gasteiger charge is 2.35. The lowest BCUT2D eigenvalue weighted by Gasteiger charge is -2.32. The van der Waals surface area contributed by atoms with Crippen LogP contribution in [0.15, 0.2) is 108 Å². The van der Waals surface area contributed by atoms with E-state index in [0.29, 0.717) is 11.5 Å². The summed E-state index contributed by atoms with van der Waals surface area (Å²) in [6.45, 7) is 3.01. The minimum Gasteiger partial charge on any atom is -0.493 e. The number of rotatable bonds is 9. The molecular weight excluding hydrogens is 561 g/mol. The largest absolute Gasteiger partial charge is 0.493 e. The summed E-state index contributed by atoms with van der Waals surface area (Å²) in [5.74, 6) is 1.31. The van der Waals surface area contributed by atoms with Crippen LogP contribution >= 0.6 is 11.8 Å². The van der Waals surface area contributed by atoms with Gasteiger partial charge in [0.2, 0.25) is 0 Å². The Kier molecular flexibility index (Phi) is 9.21. The fourth-order valence-corrected chi connectivity index (χ4v) is 7.70. The van der Waals surface area contributed by atoms with Gasteiger partial charge in [-0.25, -0.2) is 0 Å². The minimum absolute atomic E-state index is 0.645. The van der Waals surface area contributed by atoms with Crippen LogP contribution in [0.2, 0.25) is 0 Å². The van der Waals surface area contributed by atoms with Crippen molar-refractivity contribution in [1.82, 2.24) is 4.90 Å². The van der Waals surface area contributed by atoms with Gasteiger partial charge in [0.15, 0.2) is 11.5 Å². The summed E-state index contributed by atoms with van der Waals surface area (Å²) < 4.78 is 10.4. The lowest BCUT2D eigenvalue weighted by molar-refractivity contribution is 0.250. The SMILES string of the molecule is COc1ccc(C(C#N)(CCCN2CCC(=C3c4ccccc4C=Cc4ccccc43)CC2)Sc2ccccc2)cc1OC. The molecule has 0 saturated carbocycles. The molecule has 4 aromatic carbocycles. The van der Waals surface area contributed by atoms with Crippen molar-refractivity contribution in [3.05, 3.63) is 130 Å². The van der Waals surface area contributed by atoms with Crippen LogP contribution in [0, 0.1) is 11.3 Å². The molecule has 0 N–H and O–H groups in total. The molecule has 6 rings (SSSR count). The van der Waals surface area contributed by atoms with E-state index in [-0.39, 0.29) is 0 Å². The lowest BCUT2D eigenvalue weighted by atomic mass is 9.86. The Balaban J connectivity index is 1.20. The monoisotopic (exact) mass is 598 g/mol. The van der Waals surface area contributed by atoms with E-state index in [4.69, 9.17) is 9.47 Å². The Hall–Kier alpha value is -4.24. The highest BCUT2D eigenvalue weighted by molar-refractivity contribution is 8.00. The maximum absolute atomic E-state index is 10.7. The van der Waals surface area contributed by atoms with Crippen LogP contribution in [0.3, 0.4) is 0 Å². The quantitative estimate of drug-likeness (QED) is 0.158. The molecular formula is C39H38N2O2S. The summed E-state index contributed by atoms with van der Waals surface area (Å²) in [5.41, 5.74) is 9.14. The number of likely N-dealkylation sites (tertiary alicyclic amines) is 1. The van der Waals surface area contributed by atoms with Gasteiger partial charge in [-0.2, -0.15) is 5.26 Å². The number of hydrogen-bond donors (Lipinski definition) is 0. The molecule has 1 aliphatic carbocycles. The predicted molar refractivity (Wildman–Crippen MR) is 182 cm³/mol. The zero-order chi connectivity index (χ0) is 30.4. The zero-order valence-electron chi connectivity index (χ0n) is 25.5. The first-order valence-corrected chi connectivity index (χ1v) is 16.1. The maximum atomic E-state index is 10.7. The van der Waals surface area contributed by atoms with Crippen molar-refractivity contribution in [1.29, 1.82) is 5.26 Å². The van der Waals surface area contributed by atoms with Gasteiger partial charge in [0.1, 0.15) is 4.75 Å². The fourth-order valence-electron chi connectivity index (χ4n) is 6.47. The molecule has 222 valence electrons. The third-order valence-electron chi connectivity index (χ3n) is 8.78. The Morgan fingerprint density at radius 1 is 0.773 bits per heavy atom. The van der Waals surface area contributed by atoms with Crippen molar-refractivity contribution >= 4 is 29.5 Å². The van der Waals surface area contributed by atoms with E-state index >= 15 is 0 Å². The highest BCUT2D eigenvalue weighted by atomic mass is 32.2. The van der Waals surface area contributed by atoms with E-state index in [0.717, 1.165) is 55.8 Å². The van der Waals surface area contributed by atoms with Crippen molar-refractivity contribution in [3.8, 4) is 17.6 Å². The normalized spacial score (nSPS) is 15.8. The third kappa shape index (κ3) is 6.19. The average Bonchev–Trinajstić information content (AvgIpc) is 3.25. The molecule has 1 saturated heterocycles. The van der Waals surface area contributed by atoms with Crippen LogP contribution < -0.4 is 9.47 Å². The van der Waals surface area contributed by atoms with Crippen LogP contribution in [0.5, 0.6) is 11.5 Å². The van der Waals surface area contributed by atoms with Crippen molar-refractivity contribution in [2.45, 2.75) is 35.3 Å². The summed E-state index contributed by atoms with van der Waals surface area (Å²) in [6, 6.07) is 36.4. The van der Waals surface area contributed by atoms with E-state index in [1.54, 1.807) is 31.6 Å². The summed E-state index contributed by atoms with van der Waals surface area (Å²) in [4.78, 5) is 3.65. The first-order chi connectivity index (χ1) is 21.6. The first-order valence-electron chi connectivity index (χ1n) is 15.3. The van der Waals surface area contributed by atoms with Gasteiger partial charge in [0.05, 0.1) is 20.3 Å². The van der Waals surface area contributed by atoms with Crippen LogP contribution in [0.4, 0.5) is 0 Å². The number of nitrogens with zero attached hydrogens (tertiary/aromatic N) is 2. The lowest BCUT2D eigenvalue weighted by Crippen LogP contribution is -2.33. The van der Waals surface area contributed by atoms with Gasteiger partial charge >= 0.3 is 0 Å². The van der Waals surface area contributed by atoms with Gasteiger partial charge in [-0.3, -0.25) is 0 Å². The van der Waals surface area contributed by atoms with E-state index in [2.05, 4.69) is 83.8 Å². The second kappa shape index (κ2) is 13.6. The third-order valence-corrected chi connectivity index (χ3v) is 10.2. The Labute approximate surface area is 265 Å². The number of ether oxygens (including phenoxy) is 2. The van der Waals surface area contributed by atoms with Gasteiger partial charge in [0.25, 0.3) is 0 Å². The number of methoxy groups -OCH3 is 2. The molecule has 0 aromatic heterocycles. The molecule has 5 heteroatoms. The van der Waals surface area contributed by atoms with Crippen molar-refractivity contribution < 1.29 is 9.47 Å². The van der Waals surface area contributed by atoms with Crippen molar-refractivity contribution in [3.63, 3.8) is 0 Å². The second-order valence-electron chi connectivity index (χ2n) is 11.4. The van der Waals surface area contributed by atoms with Gasteiger partial charge in [-0.05, 0) is 89.9 Å². The first kappa shape index (κ1) is 29.8. The number of nitriles is 1. The molecule has 4 aromatic rings. The summed E-state index contributed by atoms with van der Waals surface area (Å²) in [5, 5.41) is 10.7. The smallest absolute Gasteiger partial charge is 0.161 e. The number of benzene rings is 4. The molecule has 1 fully saturated rings. The second-order valence-corrected chi connectivity index (χ2v) is 12.7. The summed E-state index contributed by atoms with van der Waals surface area (Å²) in [7, 11) is 3.28. The molecule has 44 heavy (non-hydrogen) atoms. The zero-order valence-corrected chi connectivity index (χ0v) is 26.3. The predicted octanol–water partition coefficient (Wildman–Crippen LogP) is 9.08. The van der Waals surface area contributed by atoms with E-state index in [9.17, 15) is 5.26 Å². The molecule has 1 atom stereocenters. The van der Waals surface area contributed by atoms with Crippen LogP contribution in [0.1, 0.15) is 53.5 Å². The van der Waals surface area contributed by atoms with Gasteiger partial charge in [0, 0.05) is 18.0 Å². The number of piperidine rings is 1. The molecule has 1 heterocycles. The molecule has 2 aliphatic rings. The molecule has 0 amide bonds. The molecule has 1 aliphatic heterocycles.